The summed E-state index contributed by atoms with van der Waals surface area (Å²) in [7, 11) is 3.00. The quantitative estimate of drug-likeness (QED) is 0.179. The largest absolute Gasteiger partial charge is 0.493 e. The maximum absolute atomic E-state index is 14.1. The van der Waals surface area contributed by atoms with Crippen molar-refractivity contribution in [1.82, 2.24) is 20.1 Å². The highest BCUT2D eigenvalue weighted by Gasteiger charge is 2.36. The van der Waals surface area contributed by atoms with Crippen LogP contribution in [0.4, 0.5) is 9.59 Å². The van der Waals surface area contributed by atoms with Crippen molar-refractivity contribution >= 4 is 28.7 Å². The lowest BCUT2D eigenvalue weighted by molar-refractivity contribution is 0.0238. The van der Waals surface area contributed by atoms with Crippen LogP contribution in [0.25, 0.3) is 22.0 Å². The number of pyridine rings is 1. The molecule has 51 heavy (non-hydrogen) atoms. The number of ether oxygens (including phenoxy) is 6. The molecule has 1 aliphatic carbocycles. The molecule has 5 rings (SSSR count). The molecule has 276 valence electrons. The van der Waals surface area contributed by atoms with Crippen molar-refractivity contribution in [1.29, 1.82) is 0 Å². The number of hydrogen-bond donors (Lipinski definition) is 2. The van der Waals surface area contributed by atoms with Crippen molar-refractivity contribution in [2.45, 2.75) is 72.1 Å². The Bertz CT molecular complexity index is 1870. The van der Waals surface area contributed by atoms with Gasteiger partial charge in [-0.05, 0) is 91.7 Å². The summed E-state index contributed by atoms with van der Waals surface area (Å²) < 4.78 is 34.7. The fourth-order valence-corrected chi connectivity index (χ4v) is 6.07. The van der Waals surface area contributed by atoms with Gasteiger partial charge in [-0.25, -0.2) is 9.59 Å². The van der Waals surface area contributed by atoms with E-state index in [1.807, 2.05) is 0 Å². The number of benzene rings is 2. The number of aromatic nitrogens is 1. The standard InChI is InChI=1S/C37H48N4O10/c1-36(2,3)50-34(44)39-13-16-40(35(45)51-37(4,5)6)14-9-11-38-12-10-15-41-31-23-18-28-29(49-21-48-28)19-24(23)32(42)30(31)22-17-26(46-7)27(47-8)20-25(22)33(41)43/h17-20,38H,9-16,21H2,1-8H3,(H,39,44). The Labute approximate surface area is 297 Å². The predicted molar refractivity (Wildman–Crippen MR) is 190 cm³/mol. The van der Waals surface area contributed by atoms with Crippen LogP contribution >= 0.6 is 0 Å². The molecule has 0 radical (unpaired) electrons. The summed E-state index contributed by atoms with van der Waals surface area (Å²) in [5.41, 5.74) is 0.457. The highest BCUT2D eigenvalue weighted by Crippen LogP contribution is 2.47. The second kappa shape index (κ2) is 15.1. The SMILES string of the molecule is COc1cc2c3c(n(CCCNCCCN(CCNC(=O)OC(C)(C)C)C(=O)OC(C)(C)C)c(=O)c2cc1OC)-c1cc2c(cc1C3=O)OCO2. The van der Waals surface area contributed by atoms with Crippen LogP contribution in [-0.2, 0) is 16.0 Å². The van der Waals surface area contributed by atoms with E-state index >= 15 is 0 Å². The first kappa shape index (κ1) is 37.3. The van der Waals surface area contributed by atoms with Gasteiger partial charge in [0.15, 0.2) is 28.8 Å². The summed E-state index contributed by atoms with van der Waals surface area (Å²) in [6.07, 6.45) is 0.176. The van der Waals surface area contributed by atoms with Gasteiger partial charge in [-0.15, -0.1) is 0 Å². The first-order valence-corrected chi connectivity index (χ1v) is 17.1. The van der Waals surface area contributed by atoms with Gasteiger partial charge in [0.2, 0.25) is 6.79 Å². The number of methoxy groups -OCH3 is 2. The molecule has 0 saturated carbocycles. The minimum atomic E-state index is -0.670. The maximum Gasteiger partial charge on any atom is 0.410 e. The van der Waals surface area contributed by atoms with Crippen molar-refractivity contribution in [3.8, 4) is 34.3 Å². The Morgan fingerprint density at radius 1 is 0.804 bits per heavy atom. The highest BCUT2D eigenvalue weighted by atomic mass is 16.7. The summed E-state index contributed by atoms with van der Waals surface area (Å²) in [6, 6.07) is 6.74. The second-order valence-electron chi connectivity index (χ2n) is 14.4. The Hall–Kier alpha value is -4.98. The number of amides is 2. The Morgan fingerprint density at radius 2 is 1.41 bits per heavy atom. The smallest absolute Gasteiger partial charge is 0.410 e. The van der Waals surface area contributed by atoms with Crippen LogP contribution < -0.4 is 35.1 Å². The molecule has 0 saturated heterocycles. The molecule has 0 atom stereocenters. The first-order valence-electron chi connectivity index (χ1n) is 17.1. The highest BCUT2D eigenvalue weighted by molar-refractivity contribution is 6.27. The normalized spacial score (nSPS) is 13.1. The predicted octanol–water partition coefficient (Wildman–Crippen LogP) is 5.09. The molecular formula is C37H48N4O10. The van der Waals surface area contributed by atoms with Crippen molar-refractivity contribution in [2.24, 2.45) is 0 Å². The third-order valence-corrected chi connectivity index (χ3v) is 8.23. The molecule has 2 heterocycles. The van der Waals surface area contributed by atoms with E-state index < -0.39 is 23.4 Å². The van der Waals surface area contributed by atoms with Gasteiger partial charge in [-0.3, -0.25) is 9.59 Å². The molecule has 2 amide bonds. The lowest BCUT2D eigenvalue weighted by atomic mass is 10.0. The zero-order valence-electron chi connectivity index (χ0n) is 30.7. The van der Waals surface area contributed by atoms with Gasteiger partial charge in [0.1, 0.15) is 11.2 Å². The summed E-state index contributed by atoms with van der Waals surface area (Å²) in [5, 5.41) is 6.92. The van der Waals surface area contributed by atoms with E-state index in [-0.39, 0.29) is 31.2 Å². The van der Waals surface area contributed by atoms with Gasteiger partial charge >= 0.3 is 12.2 Å². The van der Waals surface area contributed by atoms with Crippen LogP contribution in [-0.4, -0.2) is 92.4 Å². The summed E-state index contributed by atoms with van der Waals surface area (Å²) in [6.45, 7) is 13.2. The van der Waals surface area contributed by atoms with Crippen LogP contribution in [0.3, 0.4) is 0 Å². The summed E-state index contributed by atoms with van der Waals surface area (Å²) >= 11 is 0. The molecule has 2 aliphatic rings. The average Bonchev–Trinajstić information content (AvgIpc) is 3.62. The molecule has 0 fully saturated rings. The fourth-order valence-electron chi connectivity index (χ4n) is 6.07. The van der Waals surface area contributed by atoms with Gasteiger partial charge in [-0.2, -0.15) is 0 Å². The fraction of sp³-hybridized carbons (Fsp3) is 0.514. The van der Waals surface area contributed by atoms with Crippen LogP contribution in [0.2, 0.25) is 0 Å². The van der Waals surface area contributed by atoms with Crippen molar-refractivity contribution in [2.75, 3.05) is 53.7 Å². The number of fused-ring (bicyclic) bond motifs is 6. The van der Waals surface area contributed by atoms with Crippen molar-refractivity contribution in [3.05, 3.63) is 45.7 Å². The van der Waals surface area contributed by atoms with Crippen LogP contribution in [0.5, 0.6) is 23.0 Å². The zero-order chi connectivity index (χ0) is 37.1. The van der Waals surface area contributed by atoms with E-state index in [2.05, 4.69) is 10.6 Å². The van der Waals surface area contributed by atoms with E-state index in [4.69, 9.17) is 28.4 Å². The molecule has 2 aromatic carbocycles. The molecule has 0 unspecified atom stereocenters. The summed E-state index contributed by atoms with van der Waals surface area (Å²) in [5.74, 6) is 1.60. The Balaban J connectivity index is 1.27. The number of carbonyl (C=O) groups is 3. The Kier molecular flexibility index (Phi) is 11.0. The monoisotopic (exact) mass is 708 g/mol. The lowest BCUT2D eigenvalue weighted by Crippen LogP contribution is -2.43. The lowest BCUT2D eigenvalue weighted by Gasteiger charge is -2.28. The van der Waals surface area contributed by atoms with E-state index in [0.29, 0.717) is 95.2 Å². The molecule has 1 aromatic heterocycles. The topological polar surface area (TPSA) is 156 Å². The minimum Gasteiger partial charge on any atom is -0.493 e. The van der Waals surface area contributed by atoms with E-state index in [1.54, 1.807) is 75.3 Å². The van der Waals surface area contributed by atoms with Gasteiger partial charge < -0.3 is 48.5 Å². The van der Waals surface area contributed by atoms with Crippen LogP contribution in [0.1, 0.15) is 70.3 Å². The summed E-state index contributed by atoms with van der Waals surface area (Å²) in [4.78, 5) is 54.6. The molecule has 3 aromatic rings. The van der Waals surface area contributed by atoms with Gasteiger partial charge in [0, 0.05) is 42.7 Å². The maximum atomic E-state index is 14.1. The number of hydrogen-bond acceptors (Lipinski definition) is 11. The molecule has 14 nitrogen and oxygen atoms in total. The Morgan fingerprint density at radius 3 is 2.04 bits per heavy atom. The van der Waals surface area contributed by atoms with Crippen molar-refractivity contribution in [3.63, 3.8) is 0 Å². The molecule has 0 bridgehead atoms. The zero-order valence-corrected chi connectivity index (χ0v) is 30.7. The molecule has 1 aliphatic heterocycles. The number of rotatable bonds is 13. The van der Waals surface area contributed by atoms with Crippen LogP contribution in [0.15, 0.2) is 29.1 Å². The van der Waals surface area contributed by atoms with Gasteiger partial charge in [-0.1, -0.05) is 0 Å². The van der Waals surface area contributed by atoms with Gasteiger partial charge in [0.05, 0.1) is 30.9 Å². The third kappa shape index (κ3) is 8.50. The number of nitrogens with one attached hydrogen (secondary N) is 2. The van der Waals surface area contributed by atoms with Crippen molar-refractivity contribution < 1.29 is 42.8 Å². The molecular weight excluding hydrogens is 660 g/mol. The third-order valence-electron chi connectivity index (χ3n) is 8.23. The minimum absolute atomic E-state index is 0.0605. The molecule has 0 spiro atoms. The van der Waals surface area contributed by atoms with Crippen LogP contribution in [0, 0.1) is 0 Å². The average molecular weight is 709 g/mol. The number of carbonyl (C=O) groups excluding carboxylic acids is 3. The van der Waals surface area contributed by atoms with Gasteiger partial charge in [0.25, 0.3) is 5.56 Å². The number of ketones is 1. The number of nitrogens with zero attached hydrogens (tertiary/aromatic N) is 2. The molecule has 2 N–H and O–H groups in total. The molecule has 14 heteroatoms. The van der Waals surface area contributed by atoms with E-state index in [1.165, 1.54) is 14.2 Å². The number of alkyl carbamates (subject to hydrolysis) is 1. The first-order chi connectivity index (χ1) is 24.1. The van der Waals surface area contributed by atoms with E-state index in [9.17, 15) is 19.2 Å². The second-order valence-corrected chi connectivity index (χ2v) is 14.4. The van der Waals surface area contributed by atoms with E-state index in [0.717, 1.165) is 0 Å².